The number of carbonyl (C=O) groups is 1. The summed E-state index contributed by atoms with van der Waals surface area (Å²) >= 11 is 0. The van der Waals surface area contributed by atoms with E-state index in [1.54, 1.807) is 0 Å². The molecule has 1 unspecified atom stereocenters. The summed E-state index contributed by atoms with van der Waals surface area (Å²) < 4.78 is 11.2. The first-order chi connectivity index (χ1) is 14.2. The van der Waals surface area contributed by atoms with E-state index in [1.807, 2.05) is 37.3 Å². The van der Waals surface area contributed by atoms with E-state index in [-0.39, 0.29) is 5.91 Å². The predicted octanol–water partition coefficient (Wildman–Crippen LogP) is 1.54. The Morgan fingerprint density at radius 1 is 1.21 bits per heavy atom. The van der Waals surface area contributed by atoms with Crippen LogP contribution in [0.1, 0.15) is 17.7 Å². The quantitative estimate of drug-likeness (QED) is 0.715. The molecule has 2 aliphatic rings. The fourth-order valence-corrected chi connectivity index (χ4v) is 3.57. The molecule has 8 nitrogen and oxygen atoms in total. The maximum absolute atomic E-state index is 12.4. The second-order valence-corrected chi connectivity index (χ2v) is 7.26. The molecule has 1 fully saturated rings. The van der Waals surface area contributed by atoms with Gasteiger partial charge in [-0.1, -0.05) is 18.2 Å². The van der Waals surface area contributed by atoms with Gasteiger partial charge in [0.2, 0.25) is 5.95 Å². The number of carbonyl (C=O) groups excluding carboxylic acids is 1. The van der Waals surface area contributed by atoms with Crippen LogP contribution >= 0.6 is 0 Å². The van der Waals surface area contributed by atoms with E-state index in [1.165, 1.54) is 0 Å². The summed E-state index contributed by atoms with van der Waals surface area (Å²) in [7, 11) is 0. The van der Waals surface area contributed by atoms with Crippen LogP contribution in [0.3, 0.4) is 0 Å². The number of benzene rings is 1. The molecular weight excluding hydrogens is 370 g/mol. The predicted molar refractivity (Wildman–Crippen MR) is 110 cm³/mol. The van der Waals surface area contributed by atoms with Crippen molar-refractivity contribution in [1.82, 2.24) is 15.3 Å². The number of ether oxygens (including phenoxy) is 2. The molecule has 154 valence electrons. The Balaban J connectivity index is 1.25. The SMILES string of the molecule is Cc1cc(N2CCOCC2)nc(NCCNC(=O)C2CCc3ccccc3O2)n1. The Morgan fingerprint density at radius 2 is 2.03 bits per heavy atom. The van der Waals surface area contributed by atoms with Gasteiger partial charge in [0.25, 0.3) is 5.91 Å². The first-order valence-corrected chi connectivity index (χ1v) is 10.1. The van der Waals surface area contributed by atoms with Crippen LogP contribution in [0.5, 0.6) is 5.75 Å². The number of aromatic nitrogens is 2. The smallest absolute Gasteiger partial charge is 0.261 e. The summed E-state index contributed by atoms with van der Waals surface area (Å²) in [6.07, 6.45) is 1.11. The molecule has 3 heterocycles. The van der Waals surface area contributed by atoms with Gasteiger partial charge in [0.1, 0.15) is 11.6 Å². The van der Waals surface area contributed by atoms with Crippen LogP contribution in [0.4, 0.5) is 11.8 Å². The maximum atomic E-state index is 12.4. The molecule has 1 saturated heterocycles. The van der Waals surface area contributed by atoms with E-state index >= 15 is 0 Å². The van der Waals surface area contributed by atoms with Crippen LogP contribution < -0.4 is 20.3 Å². The van der Waals surface area contributed by atoms with Crippen LogP contribution in [-0.4, -0.2) is 61.4 Å². The number of para-hydroxylation sites is 1. The zero-order valence-electron chi connectivity index (χ0n) is 16.7. The van der Waals surface area contributed by atoms with Gasteiger partial charge in [0, 0.05) is 37.9 Å². The highest BCUT2D eigenvalue weighted by molar-refractivity contribution is 5.81. The highest BCUT2D eigenvalue weighted by Crippen LogP contribution is 2.27. The third-order valence-corrected chi connectivity index (χ3v) is 5.09. The minimum atomic E-state index is -0.437. The lowest BCUT2D eigenvalue weighted by atomic mass is 10.0. The average Bonchev–Trinajstić information content (AvgIpc) is 2.76. The topological polar surface area (TPSA) is 88.6 Å². The van der Waals surface area contributed by atoms with E-state index < -0.39 is 6.10 Å². The summed E-state index contributed by atoms with van der Waals surface area (Å²) in [4.78, 5) is 23.7. The molecule has 0 aliphatic carbocycles. The Hall–Kier alpha value is -2.87. The zero-order chi connectivity index (χ0) is 20.1. The fourth-order valence-electron chi connectivity index (χ4n) is 3.57. The van der Waals surface area contributed by atoms with Crippen molar-refractivity contribution >= 4 is 17.7 Å². The number of fused-ring (bicyclic) bond motifs is 1. The van der Waals surface area contributed by atoms with Gasteiger partial charge in [0.05, 0.1) is 13.2 Å². The van der Waals surface area contributed by atoms with Crippen molar-refractivity contribution in [3.63, 3.8) is 0 Å². The lowest BCUT2D eigenvalue weighted by Crippen LogP contribution is -2.42. The highest BCUT2D eigenvalue weighted by atomic mass is 16.5. The summed E-state index contributed by atoms with van der Waals surface area (Å²) in [5.41, 5.74) is 2.06. The van der Waals surface area contributed by atoms with Crippen molar-refractivity contribution in [1.29, 1.82) is 0 Å². The first-order valence-electron chi connectivity index (χ1n) is 10.1. The molecule has 1 amide bonds. The summed E-state index contributed by atoms with van der Waals surface area (Å²) in [6.45, 7) is 6.06. The molecule has 0 spiro atoms. The van der Waals surface area contributed by atoms with Crippen LogP contribution in [0.2, 0.25) is 0 Å². The zero-order valence-corrected chi connectivity index (χ0v) is 16.7. The van der Waals surface area contributed by atoms with Crippen molar-refractivity contribution in [2.24, 2.45) is 0 Å². The summed E-state index contributed by atoms with van der Waals surface area (Å²) in [6, 6.07) is 9.86. The number of rotatable bonds is 6. The molecule has 8 heteroatoms. The molecule has 1 atom stereocenters. The fraction of sp³-hybridized carbons (Fsp3) is 0.476. The highest BCUT2D eigenvalue weighted by Gasteiger charge is 2.25. The average molecular weight is 397 g/mol. The Morgan fingerprint density at radius 3 is 2.90 bits per heavy atom. The van der Waals surface area contributed by atoms with Gasteiger partial charge in [0.15, 0.2) is 6.10 Å². The third-order valence-electron chi connectivity index (χ3n) is 5.09. The number of hydrogen-bond acceptors (Lipinski definition) is 7. The molecule has 1 aromatic heterocycles. The molecule has 0 radical (unpaired) electrons. The van der Waals surface area contributed by atoms with E-state index in [2.05, 4.69) is 25.5 Å². The number of hydrogen-bond donors (Lipinski definition) is 2. The lowest BCUT2D eigenvalue weighted by molar-refractivity contribution is -0.128. The second-order valence-electron chi connectivity index (χ2n) is 7.26. The Bertz CT molecular complexity index is 854. The van der Waals surface area contributed by atoms with Crippen LogP contribution in [-0.2, 0) is 16.0 Å². The van der Waals surface area contributed by atoms with E-state index in [9.17, 15) is 4.79 Å². The van der Waals surface area contributed by atoms with Crippen molar-refractivity contribution in [3.8, 4) is 5.75 Å². The molecule has 2 N–H and O–H groups in total. The van der Waals surface area contributed by atoms with Gasteiger partial charge in [-0.2, -0.15) is 4.98 Å². The van der Waals surface area contributed by atoms with Gasteiger partial charge >= 0.3 is 0 Å². The van der Waals surface area contributed by atoms with Crippen molar-refractivity contribution < 1.29 is 14.3 Å². The minimum absolute atomic E-state index is 0.0829. The van der Waals surface area contributed by atoms with Crippen molar-refractivity contribution in [2.45, 2.75) is 25.9 Å². The van der Waals surface area contributed by atoms with Crippen molar-refractivity contribution in [2.75, 3.05) is 49.6 Å². The van der Waals surface area contributed by atoms with E-state index in [0.29, 0.717) is 38.7 Å². The van der Waals surface area contributed by atoms with Crippen LogP contribution in [0.25, 0.3) is 0 Å². The lowest BCUT2D eigenvalue weighted by Gasteiger charge is -2.28. The molecule has 29 heavy (non-hydrogen) atoms. The minimum Gasteiger partial charge on any atom is -0.480 e. The van der Waals surface area contributed by atoms with Gasteiger partial charge in [-0.15, -0.1) is 0 Å². The Labute approximate surface area is 170 Å². The maximum Gasteiger partial charge on any atom is 0.261 e. The van der Waals surface area contributed by atoms with Gasteiger partial charge in [-0.3, -0.25) is 4.79 Å². The van der Waals surface area contributed by atoms with Gasteiger partial charge in [-0.25, -0.2) is 4.98 Å². The van der Waals surface area contributed by atoms with Gasteiger partial charge < -0.3 is 25.0 Å². The molecule has 0 bridgehead atoms. The van der Waals surface area contributed by atoms with E-state index in [0.717, 1.165) is 42.3 Å². The van der Waals surface area contributed by atoms with Gasteiger partial charge in [-0.05, 0) is 31.4 Å². The molecular formula is C21H27N5O3. The monoisotopic (exact) mass is 397 g/mol. The third kappa shape index (κ3) is 4.95. The van der Waals surface area contributed by atoms with Crippen LogP contribution in [0.15, 0.2) is 30.3 Å². The first kappa shape index (κ1) is 19.4. The number of nitrogens with one attached hydrogen (secondary N) is 2. The second kappa shape index (κ2) is 9.09. The largest absolute Gasteiger partial charge is 0.480 e. The molecule has 2 aromatic rings. The number of nitrogens with zero attached hydrogens (tertiary/aromatic N) is 3. The number of aryl methyl sites for hydroxylation is 2. The van der Waals surface area contributed by atoms with E-state index in [4.69, 9.17) is 9.47 Å². The van der Waals surface area contributed by atoms with Crippen LogP contribution in [0, 0.1) is 6.92 Å². The molecule has 0 saturated carbocycles. The summed E-state index contributed by atoms with van der Waals surface area (Å²) in [5, 5.41) is 6.14. The molecule has 2 aliphatic heterocycles. The number of morpholine rings is 1. The Kier molecular flexibility index (Phi) is 6.09. The normalized spacial score (nSPS) is 18.5. The standard InChI is InChI=1S/C21H27N5O3/c1-15-14-19(26-10-12-28-13-11-26)25-21(24-15)23-9-8-22-20(27)18-7-6-16-4-2-3-5-17(16)29-18/h2-5,14,18H,6-13H2,1H3,(H,22,27)(H,23,24,25). The van der Waals surface area contributed by atoms with Crippen molar-refractivity contribution in [3.05, 3.63) is 41.6 Å². The molecule has 4 rings (SSSR count). The number of amides is 1. The summed E-state index contributed by atoms with van der Waals surface area (Å²) in [5.74, 6) is 2.20. The molecule has 1 aromatic carbocycles. The number of anilines is 2.